The molecule has 2 atom stereocenters. The van der Waals surface area contributed by atoms with Gasteiger partial charge in [-0.05, 0) is 39.3 Å². The van der Waals surface area contributed by atoms with Gasteiger partial charge in [-0.25, -0.2) is 13.0 Å². The van der Waals surface area contributed by atoms with Crippen LogP contribution in [0.2, 0.25) is 0 Å². The van der Waals surface area contributed by atoms with Gasteiger partial charge in [0.05, 0.1) is 21.1 Å². The molecule has 0 bridgehead atoms. The Morgan fingerprint density at radius 1 is 1.21 bits per heavy atom. The summed E-state index contributed by atoms with van der Waals surface area (Å²) in [4.78, 5) is 0. The van der Waals surface area contributed by atoms with Crippen LogP contribution in [0.4, 0.5) is 22.0 Å². The molecule has 0 spiro atoms. The number of alkyl halides is 3. The van der Waals surface area contributed by atoms with Gasteiger partial charge in [0.15, 0.2) is 11.4 Å². The summed E-state index contributed by atoms with van der Waals surface area (Å²) in [5.41, 5.74) is -0.702. The number of fused-ring (bicyclic) bond motifs is 1. The minimum atomic E-state index is -4.76. The fraction of sp³-hybridized carbons (Fsp3) is 0.467. The van der Waals surface area contributed by atoms with Crippen molar-refractivity contribution in [2.75, 3.05) is 0 Å². The van der Waals surface area contributed by atoms with Gasteiger partial charge in [-0.2, -0.15) is 13.2 Å². The highest BCUT2D eigenvalue weighted by Gasteiger charge is 2.47. The molecule has 1 heterocycles. The second-order valence-electron chi connectivity index (χ2n) is 6.18. The Morgan fingerprint density at radius 2 is 1.75 bits per heavy atom. The summed E-state index contributed by atoms with van der Waals surface area (Å²) in [5, 5.41) is 4.93. The van der Waals surface area contributed by atoms with Crippen LogP contribution in [0, 0.1) is 18.6 Å². The van der Waals surface area contributed by atoms with E-state index in [1.54, 1.807) is 0 Å². The minimum Gasteiger partial charge on any atom is -0.457 e. The first kappa shape index (κ1) is 18.9. The number of furan rings is 1. The van der Waals surface area contributed by atoms with Crippen molar-refractivity contribution in [1.29, 1.82) is 0 Å². The molecular formula is C15H16F5NO2S. The third kappa shape index (κ3) is 3.32. The van der Waals surface area contributed by atoms with E-state index in [0.29, 0.717) is 0 Å². The van der Waals surface area contributed by atoms with Crippen LogP contribution in [-0.2, 0) is 11.0 Å². The largest absolute Gasteiger partial charge is 0.457 e. The molecule has 0 amide bonds. The highest BCUT2D eigenvalue weighted by molar-refractivity contribution is 7.84. The maximum Gasteiger partial charge on any atom is 0.398 e. The molecule has 0 aliphatic rings. The Kier molecular flexibility index (Phi) is 4.80. The lowest BCUT2D eigenvalue weighted by Gasteiger charge is -2.28. The Labute approximate surface area is 137 Å². The summed E-state index contributed by atoms with van der Waals surface area (Å²) in [5.74, 6) is -4.61. The van der Waals surface area contributed by atoms with Crippen molar-refractivity contribution >= 4 is 22.0 Å². The van der Waals surface area contributed by atoms with Crippen LogP contribution in [0.15, 0.2) is 16.5 Å². The van der Waals surface area contributed by atoms with E-state index in [1.165, 1.54) is 20.8 Å². The first-order chi connectivity index (χ1) is 10.9. The first-order valence-electron chi connectivity index (χ1n) is 6.96. The van der Waals surface area contributed by atoms with Crippen LogP contribution in [0.3, 0.4) is 0 Å². The van der Waals surface area contributed by atoms with Crippen LogP contribution < -0.4 is 5.14 Å². The molecule has 2 N–H and O–H groups in total. The van der Waals surface area contributed by atoms with Crippen LogP contribution in [0.1, 0.15) is 37.5 Å². The van der Waals surface area contributed by atoms with Gasteiger partial charge in [-0.15, -0.1) is 0 Å². The molecule has 9 heteroatoms. The standard InChI is InChI=1S/C15H16F5NO2S/c1-7-11-9(16)4-5-10(17)13(11)23-12(7)8(15(18,19)20)6-14(2,3)24(21)22/h4-5,8H,6,21H2,1-3H3/t8-,24?/m1/s1. The molecule has 0 aliphatic carbocycles. The Morgan fingerprint density at radius 3 is 2.21 bits per heavy atom. The van der Waals surface area contributed by atoms with Crippen molar-refractivity contribution in [3.8, 4) is 0 Å². The average Bonchev–Trinajstić information content (AvgIpc) is 2.78. The number of halogens is 5. The molecule has 134 valence electrons. The number of aryl methyl sites for hydroxylation is 1. The fourth-order valence-electron chi connectivity index (χ4n) is 2.56. The van der Waals surface area contributed by atoms with Crippen LogP contribution in [0.25, 0.3) is 11.0 Å². The van der Waals surface area contributed by atoms with Gasteiger partial charge in [0.25, 0.3) is 0 Å². The molecule has 0 radical (unpaired) electrons. The average molecular weight is 369 g/mol. The molecule has 2 aromatic rings. The molecule has 0 aliphatic heterocycles. The SMILES string of the molecule is Cc1c([C@@H](CC(C)(C)S(N)=O)C(F)(F)F)oc2c(F)ccc(F)c12. The Bertz CT molecular complexity index is 797. The summed E-state index contributed by atoms with van der Waals surface area (Å²) in [7, 11) is -2.03. The van der Waals surface area contributed by atoms with E-state index in [0.717, 1.165) is 12.1 Å². The molecule has 0 saturated carbocycles. The van der Waals surface area contributed by atoms with Gasteiger partial charge in [0.1, 0.15) is 17.5 Å². The van der Waals surface area contributed by atoms with Crippen molar-refractivity contribution < 1.29 is 30.6 Å². The van der Waals surface area contributed by atoms with E-state index < -0.39 is 57.2 Å². The first-order valence-corrected chi connectivity index (χ1v) is 8.17. The molecule has 1 aromatic heterocycles. The third-order valence-corrected chi connectivity index (χ3v) is 5.22. The van der Waals surface area contributed by atoms with Crippen molar-refractivity contribution in [2.24, 2.45) is 5.14 Å². The number of rotatable bonds is 4. The van der Waals surface area contributed by atoms with E-state index in [-0.39, 0.29) is 10.9 Å². The smallest absolute Gasteiger partial charge is 0.398 e. The van der Waals surface area contributed by atoms with Gasteiger partial charge < -0.3 is 4.42 Å². The molecule has 2 rings (SSSR count). The van der Waals surface area contributed by atoms with Crippen LogP contribution in [0.5, 0.6) is 0 Å². The highest BCUT2D eigenvalue weighted by atomic mass is 32.2. The lowest BCUT2D eigenvalue weighted by Crippen LogP contribution is -2.37. The lowest BCUT2D eigenvalue weighted by atomic mass is 9.91. The second-order valence-corrected chi connectivity index (χ2v) is 7.88. The third-order valence-electron chi connectivity index (χ3n) is 3.97. The second kappa shape index (κ2) is 6.11. The van der Waals surface area contributed by atoms with E-state index in [4.69, 9.17) is 9.56 Å². The van der Waals surface area contributed by atoms with Gasteiger partial charge in [-0.1, -0.05) is 0 Å². The minimum absolute atomic E-state index is 0.136. The molecule has 3 nitrogen and oxygen atoms in total. The maximum atomic E-state index is 13.9. The van der Waals surface area contributed by atoms with Gasteiger partial charge in [-0.3, -0.25) is 5.14 Å². The zero-order valence-corrected chi connectivity index (χ0v) is 13.9. The number of benzene rings is 1. The van der Waals surface area contributed by atoms with E-state index in [2.05, 4.69) is 0 Å². The van der Waals surface area contributed by atoms with Gasteiger partial charge in [0.2, 0.25) is 0 Å². The zero-order chi connectivity index (χ0) is 18.4. The summed E-state index contributed by atoms with van der Waals surface area (Å²) >= 11 is 0. The summed E-state index contributed by atoms with van der Waals surface area (Å²) in [6, 6.07) is 1.61. The Hall–Kier alpha value is -1.48. The molecule has 1 aromatic carbocycles. The van der Waals surface area contributed by atoms with Crippen molar-refractivity contribution in [1.82, 2.24) is 0 Å². The zero-order valence-electron chi connectivity index (χ0n) is 13.1. The maximum absolute atomic E-state index is 13.9. The molecule has 24 heavy (non-hydrogen) atoms. The van der Waals surface area contributed by atoms with Crippen LogP contribution >= 0.6 is 0 Å². The van der Waals surface area contributed by atoms with E-state index >= 15 is 0 Å². The van der Waals surface area contributed by atoms with Gasteiger partial charge >= 0.3 is 6.18 Å². The normalized spacial score (nSPS) is 15.7. The lowest BCUT2D eigenvalue weighted by molar-refractivity contribution is -0.156. The van der Waals surface area contributed by atoms with Crippen LogP contribution in [-0.4, -0.2) is 15.1 Å². The fourth-order valence-corrected chi connectivity index (χ4v) is 2.89. The molecule has 0 fully saturated rings. The van der Waals surface area contributed by atoms with Crippen molar-refractivity contribution in [2.45, 2.75) is 44.0 Å². The van der Waals surface area contributed by atoms with Crippen molar-refractivity contribution in [3.05, 3.63) is 35.1 Å². The Balaban J connectivity index is 2.66. The molecular weight excluding hydrogens is 353 g/mol. The van der Waals surface area contributed by atoms with Crippen molar-refractivity contribution in [3.63, 3.8) is 0 Å². The van der Waals surface area contributed by atoms with E-state index in [9.17, 15) is 26.2 Å². The number of hydrogen-bond donors (Lipinski definition) is 1. The molecule has 1 unspecified atom stereocenters. The molecule has 0 saturated heterocycles. The number of hydrogen-bond acceptors (Lipinski definition) is 2. The quantitative estimate of drug-likeness (QED) is 0.809. The number of nitrogens with two attached hydrogens (primary N) is 1. The summed E-state index contributed by atoms with van der Waals surface area (Å²) in [6.07, 6.45) is -5.41. The topological polar surface area (TPSA) is 56.2 Å². The summed E-state index contributed by atoms with van der Waals surface area (Å²) < 4.78 is 83.4. The van der Waals surface area contributed by atoms with E-state index in [1.807, 2.05) is 0 Å². The van der Waals surface area contributed by atoms with Gasteiger partial charge in [0, 0.05) is 5.56 Å². The highest BCUT2D eigenvalue weighted by Crippen LogP contribution is 2.45. The summed E-state index contributed by atoms with van der Waals surface area (Å²) in [6.45, 7) is 3.87. The predicted octanol–water partition coefficient (Wildman–Crippen LogP) is 4.46. The monoisotopic (exact) mass is 369 g/mol. The predicted molar refractivity (Wildman–Crippen MR) is 80.7 cm³/mol.